The van der Waals surface area contributed by atoms with Gasteiger partial charge in [-0.3, -0.25) is 4.79 Å². The van der Waals surface area contributed by atoms with Crippen LogP contribution in [-0.2, 0) is 4.74 Å². The van der Waals surface area contributed by atoms with Crippen LogP contribution in [0, 0.1) is 6.92 Å². The Morgan fingerprint density at radius 1 is 1.13 bits per heavy atom. The molecule has 9 nitrogen and oxygen atoms in total. The van der Waals surface area contributed by atoms with Gasteiger partial charge >= 0.3 is 5.97 Å². The lowest BCUT2D eigenvalue weighted by atomic mass is 10.1. The van der Waals surface area contributed by atoms with E-state index < -0.39 is 5.97 Å². The van der Waals surface area contributed by atoms with Crippen LogP contribution in [0.1, 0.15) is 39.1 Å². The van der Waals surface area contributed by atoms with Gasteiger partial charge in [0.1, 0.15) is 6.10 Å². The van der Waals surface area contributed by atoms with E-state index in [-0.39, 0.29) is 12.0 Å². The van der Waals surface area contributed by atoms with Gasteiger partial charge in [-0.05, 0) is 37.5 Å². The highest BCUT2D eigenvalue weighted by Crippen LogP contribution is 2.22. The fourth-order valence-corrected chi connectivity index (χ4v) is 3.63. The van der Waals surface area contributed by atoms with E-state index in [1.54, 1.807) is 42.5 Å². The summed E-state index contributed by atoms with van der Waals surface area (Å²) in [6, 6.07) is 8.84. The number of rotatable bonds is 5. The van der Waals surface area contributed by atoms with Crippen LogP contribution >= 0.6 is 0 Å². The van der Waals surface area contributed by atoms with Gasteiger partial charge < -0.3 is 14.4 Å². The summed E-state index contributed by atoms with van der Waals surface area (Å²) in [4.78, 5) is 32.7. The Kier molecular flexibility index (Phi) is 5.92. The van der Waals surface area contributed by atoms with E-state index >= 15 is 0 Å². The molecule has 0 radical (unpaired) electrons. The minimum Gasteiger partial charge on any atom is -0.472 e. The van der Waals surface area contributed by atoms with E-state index in [4.69, 9.17) is 9.47 Å². The van der Waals surface area contributed by atoms with Gasteiger partial charge in [-0.2, -0.15) is 15.0 Å². The van der Waals surface area contributed by atoms with Gasteiger partial charge in [-0.1, -0.05) is 12.1 Å². The van der Waals surface area contributed by atoms with Crippen LogP contribution in [0.25, 0.3) is 5.69 Å². The summed E-state index contributed by atoms with van der Waals surface area (Å²) in [7, 11) is 1.34. The summed E-state index contributed by atoms with van der Waals surface area (Å²) in [5, 5.41) is 8.29. The molecule has 0 unspecified atom stereocenters. The number of pyridine rings is 1. The number of hydrogen-bond acceptors (Lipinski definition) is 7. The molecule has 0 saturated carbocycles. The minimum atomic E-state index is -0.436. The Morgan fingerprint density at radius 3 is 2.68 bits per heavy atom. The van der Waals surface area contributed by atoms with Crippen molar-refractivity contribution in [2.24, 2.45) is 0 Å². The van der Waals surface area contributed by atoms with Gasteiger partial charge in [0.15, 0.2) is 0 Å². The zero-order valence-corrected chi connectivity index (χ0v) is 17.4. The number of piperidine rings is 1. The van der Waals surface area contributed by atoms with Crippen molar-refractivity contribution in [1.29, 1.82) is 0 Å². The van der Waals surface area contributed by atoms with Crippen molar-refractivity contribution in [1.82, 2.24) is 24.9 Å². The molecule has 1 atom stereocenters. The van der Waals surface area contributed by atoms with Crippen LogP contribution in [0.5, 0.6) is 5.88 Å². The molecule has 1 saturated heterocycles. The number of carbonyl (C=O) groups is 2. The monoisotopic (exact) mass is 421 g/mol. The first-order valence-electron chi connectivity index (χ1n) is 10.0. The molecule has 1 aliphatic rings. The van der Waals surface area contributed by atoms with Crippen LogP contribution in [0.2, 0.25) is 0 Å². The highest BCUT2D eigenvalue weighted by atomic mass is 16.5. The lowest BCUT2D eigenvalue weighted by molar-refractivity contribution is 0.0526. The number of amides is 1. The molecule has 0 spiro atoms. The van der Waals surface area contributed by atoms with Crippen LogP contribution in [0.15, 0.2) is 48.9 Å². The largest absolute Gasteiger partial charge is 0.472 e. The maximum atomic E-state index is 13.3. The van der Waals surface area contributed by atoms with Gasteiger partial charge in [-0.15, -0.1) is 0 Å². The zero-order valence-electron chi connectivity index (χ0n) is 17.4. The second-order valence-electron chi connectivity index (χ2n) is 7.30. The fourth-order valence-electron chi connectivity index (χ4n) is 3.63. The van der Waals surface area contributed by atoms with Crippen LogP contribution < -0.4 is 4.74 Å². The molecule has 1 aromatic carbocycles. The molecule has 1 aliphatic heterocycles. The van der Waals surface area contributed by atoms with Gasteiger partial charge in [0.25, 0.3) is 5.91 Å². The molecule has 4 rings (SSSR count). The van der Waals surface area contributed by atoms with Gasteiger partial charge in [-0.25, -0.2) is 9.78 Å². The molecule has 0 N–H and O–H groups in total. The lowest BCUT2D eigenvalue weighted by Crippen LogP contribution is -2.44. The number of methoxy groups -OCH3 is 1. The third-order valence-corrected chi connectivity index (χ3v) is 5.20. The first-order valence-corrected chi connectivity index (χ1v) is 10.0. The number of ether oxygens (including phenoxy) is 2. The van der Waals surface area contributed by atoms with Crippen molar-refractivity contribution in [2.75, 3.05) is 20.2 Å². The predicted molar refractivity (Wildman–Crippen MR) is 111 cm³/mol. The van der Waals surface area contributed by atoms with Crippen molar-refractivity contribution in [3.05, 3.63) is 65.6 Å². The lowest BCUT2D eigenvalue weighted by Gasteiger charge is -2.33. The highest BCUT2D eigenvalue weighted by molar-refractivity contribution is 5.97. The van der Waals surface area contributed by atoms with Crippen LogP contribution in [0.4, 0.5) is 0 Å². The smallest absolute Gasteiger partial charge is 0.338 e. The topological polar surface area (TPSA) is 99.4 Å². The van der Waals surface area contributed by atoms with E-state index in [1.807, 2.05) is 18.2 Å². The average molecular weight is 421 g/mol. The Balaban J connectivity index is 1.50. The van der Waals surface area contributed by atoms with Crippen molar-refractivity contribution in [3.8, 4) is 11.6 Å². The van der Waals surface area contributed by atoms with E-state index in [9.17, 15) is 9.59 Å². The molecule has 1 amide bonds. The normalized spacial score (nSPS) is 16.1. The second kappa shape index (κ2) is 8.95. The number of benzene rings is 1. The number of likely N-dealkylation sites (tertiary alicyclic amines) is 1. The standard InChI is InChI=1S/C22H23N5O4/c1-15-13-23-20(12-18(15)22(29)30-2)31-16-6-5-11-26(14-16)21(28)17-7-3-4-8-19(17)27-24-9-10-25-27/h3-4,7-10,12-13,16H,5-6,11,14H2,1-2H3/t16-/m1/s1. The Bertz CT molecular complexity index is 1080. The van der Waals surface area contributed by atoms with E-state index in [0.717, 1.165) is 12.8 Å². The molecule has 2 aromatic heterocycles. The Labute approximate surface area is 179 Å². The van der Waals surface area contributed by atoms with E-state index in [0.29, 0.717) is 41.3 Å². The fraction of sp³-hybridized carbons (Fsp3) is 0.318. The number of hydrogen-bond donors (Lipinski definition) is 0. The maximum absolute atomic E-state index is 13.3. The summed E-state index contributed by atoms with van der Waals surface area (Å²) >= 11 is 0. The molecule has 9 heteroatoms. The van der Waals surface area contributed by atoms with E-state index in [1.165, 1.54) is 11.9 Å². The minimum absolute atomic E-state index is 0.103. The summed E-state index contributed by atoms with van der Waals surface area (Å²) in [5.74, 6) is -0.200. The molecule has 3 heterocycles. The summed E-state index contributed by atoms with van der Waals surface area (Å²) in [6.45, 7) is 2.84. The number of esters is 1. The van der Waals surface area contributed by atoms with Gasteiger partial charge in [0.2, 0.25) is 5.88 Å². The number of aromatic nitrogens is 4. The first kappa shape index (κ1) is 20.5. The van der Waals surface area contributed by atoms with E-state index in [2.05, 4.69) is 15.2 Å². The molecule has 3 aromatic rings. The number of para-hydroxylation sites is 1. The quantitative estimate of drug-likeness (QED) is 0.584. The molecular weight excluding hydrogens is 398 g/mol. The molecule has 0 bridgehead atoms. The predicted octanol–water partition coefficient (Wildman–Crippen LogP) is 2.44. The van der Waals surface area contributed by atoms with Crippen molar-refractivity contribution < 1.29 is 19.1 Å². The number of carbonyl (C=O) groups excluding carboxylic acids is 2. The summed E-state index contributed by atoms with van der Waals surface area (Å²) in [6.07, 6.45) is 6.09. The maximum Gasteiger partial charge on any atom is 0.338 e. The average Bonchev–Trinajstić information content (AvgIpc) is 3.34. The van der Waals surface area contributed by atoms with Crippen LogP contribution in [0.3, 0.4) is 0 Å². The van der Waals surface area contributed by atoms with Gasteiger partial charge in [0, 0.05) is 18.8 Å². The third kappa shape index (κ3) is 4.40. The molecular formula is C22H23N5O4. The SMILES string of the molecule is COC(=O)c1cc(O[C@@H]2CCCN(C(=O)c3ccccc3-n3nccn3)C2)ncc1C. The van der Waals surface area contributed by atoms with Gasteiger partial charge in [0.05, 0.1) is 42.9 Å². The van der Waals surface area contributed by atoms with Crippen molar-refractivity contribution >= 4 is 11.9 Å². The van der Waals surface area contributed by atoms with Crippen molar-refractivity contribution in [2.45, 2.75) is 25.9 Å². The number of nitrogens with zero attached hydrogens (tertiary/aromatic N) is 5. The van der Waals surface area contributed by atoms with Crippen molar-refractivity contribution in [3.63, 3.8) is 0 Å². The Hall–Kier alpha value is -3.75. The number of aryl methyl sites for hydroxylation is 1. The zero-order chi connectivity index (χ0) is 21.8. The highest BCUT2D eigenvalue weighted by Gasteiger charge is 2.28. The summed E-state index contributed by atoms with van der Waals surface area (Å²) < 4.78 is 10.8. The second-order valence-corrected chi connectivity index (χ2v) is 7.30. The molecule has 160 valence electrons. The molecule has 1 fully saturated rings. The third-order valence-electron chi connectivity index (χ3n) is 5.20. The molecule has 0 aliphatic carbocycles. The Morgan fingerprint density at radius 2 is 1.90 bits per heavy atom. The molecule has 31 heavy (non-hydrogen) atoms. The summed E-state index contributed by atoms with van der Waals surface area (Å²) in [5.41, 5.74) is 2.28. The first-order chi connectivity index (χ1) is 15.1. The van der Waals surface area contributed by atoms with Crippen LogP contribution in [-0.4, -0.2) is 63.1 Å².